The summed E-state index contributed by atoms with van der Waals surface area (Å²) in [5.74, 6) is 6.34. The second-order valence-electron chi connectivity index (χ2n) is 39.6. The van der Waals surface area contributed by atoms with Gasteiger partial charge in [-0.3, -0.25) is 14.4 Å². The first-order valence-electron chi connectivity index (χ1n) is 48.2. The van der Waals surface area contributed by atoms with E-state index in [0.717, 1.165) is 91.7 Å². The van der Waals surface area contributed by atoms with Crippen molar-refractivity contribution >= 4 is 82.0 Å². The Morgan fingerprint density at radius 2 is 0.782 bits per heavy atom. The van der Waals surface area contributed by atoms with Gasteiger partial charge in [-0.05, 0) is 196 Å². The van der Waals surface area contributed by atoms with Crippen LogP contribution in [0.4, 0.5) is 0 Å². The largest absolute Gasteiger partial charge is 0.512 e. The zero-order chi connectivity index (χ0) is 94.9. The van der Waals surface area contributed by atoms with Crippen LogP contribution < -0.4 is 14.2 Å². The van der Waals surface area contributed by atoms with Crippen molar-refractivity contribution in [1.29, 1.82) is 0 Å². The number of para-hydroxylation sites is 2. The Labute approximate surface area is 836 Å². The minimum atomic E-state index is -0.377. The summed E-state index contributed by atoms with van der Waals surface area (Å²) in [5.41, 5.74) is 5.82. The number of hydrogen-bond acceptors (Lipinski definition) is 12. The fourth-order valence-electron chi connectivity index (χ4n) is 16.5. The van der Waals surface area contributed by atoms with Crippen LogP contribution in [0, 0.1) is 58.6 Å². The Hall–Kier alpha value is -9.03. The van der Waals surface area contributed by atoms with Crippen molar-refractivity contribution in [1.82, 2.24) is 15.0 Å². The molecule has 0 bridgehead atoms. The van der Waals surface area contributed by atoms with Gasteiger partial charge in [-0.15, -0.1) is 42.0 Å². The zero-order valence-electron chi connectivity index (χ0n) is 83.5. The number of aliphatic hydroxyl groups excluding tert-OH is 3. The maximum absolute atomic E-state index is 12.2. The number of allylic oxidation sites excluding steroid dienone is 6. The van der Waals surface area contributed by atoms with Gasteiger partial charge in [-0.1, -0.05) is 263 Å². The van der Waals surface area contributed by atoms with Crippen LogP contribution in [-0.4, -0.2) is 47.6 Å². The molecular formula is C118H148Ir3N3O9-3. The number of aliphatic hydroxyl groups is 3. The van der Waals surface area contributed by atoms with E-state index in [4.69, 9.17) is 14.2 Å². The first-order chi connectivity index (χ1) is 61.8. The summed E-state index contributed by atoms with van der Waals surface area (Å²) in [7, 11) is 0. The summed E-state index contributed by atoms with van der Waals surface area (Å²) in [6.45, 7) is 47.4. The summed E-state index contributed by atoms with van der Waals surface area (Å²) in [6.07, 6.45) is 30.5. The van der Waals surface area contributed by atoms with Gasteiger partial charge in [0.25, 0.3) is 0 Å². The minimum Gasteiger partial charge on any atom is -0.512 e. The van der Waals surface area contributed by atoms with E-state index in [1.807, 2.05) is 202 Å². The number of hydrogen-bond donors (Lipinski definition) is 3. The molecule has 0 atom stereocenters. The van der Waals surface area contributed by atoms with Gasteiger partial charge < -0.3 is 29.5 Å². The number of carbonyl (C=O) groups excluding carboxylic acids is 3. The fourth-order valence-corrected chi connectivity index (χ4v) is 16.5. The summed E-state index contributed by atoms with van der Waals surface area (Å²) in [5, 5.41) is 44.3. The topological polar surface area (TPSA) is 178 Å². The van der Waals surface area contributed by atoms with Gasteiger partial charge >= 0.3 is 0 Å². The van der Waals surface area contributed by atoms with E-state index in [0.29, 0.717) is 40.8 Å². The van der Waals surface area contributed by atoms with Crippen molar-refractivity contribution in [2.24, 2.45) is 33.5 Å². The maximum Gasteiger partial charge on any atom is 0.217 e. The van der Waals surface area contributed by atoms with Gasteiger partial charge in [0.05, 0.1) is 5.76 Å². The number of benzene rings is 9. The van der Waals surface area contributed by atoms with Crippen LogP contribution in [-0.2, 0) is 85.5 Å². The van der Waals surface area contributed by atoms with Crippen molar-refractivity contribution in [2.45, 2.75) is 304 Å². The molecule has 3 heterocycles. The normalized spacial score (nSPS) is 13.6. The van der Waals surface area contributed by atoms with Crippen LogP contribution in [0.1, 0.15) is 314 Å². The van der Waals surface area contributed by atoms with Crippen LogP contribution in [0.2, 0.25) is 0 Å². The SMILES string of the molecule is CC(C)(C)c1cc[c-]c(Oc2cc3c(ccc4ccc(C(C)(C)C)cc43)cn2)c1.CCC(C)(C)C(=O)C=C(O)C(C)(C)CC.CCC(C)(CC)C(=O)C=C(O)C(C)(CC)CC.CCC(CC)C(=O)C=C(O)C(CC)CC.Cc1cc2c(ccc3cnc(Oc4[c-]cccc4)cc32)cc1C1CCCC1.[Ir].[Ir].[Ir].[c-]1ccccc1Oc1cc2c(ccc3ccc(C4CCCCC4)cc32)cn1. The Morgan fingerprint density at radius 1 is 0.383 bits per heavy atom. The number of rotatable bonds is 27. The molecule has 2 saturated carbocycles. The van der Waals surface area contributed by atoms with E-state index < -0.39 is 0 Å². The third-order valence-corrected chi connectivity index (χ3v) is 28.0. The number of aromatic nitrogens is 3. The van der Waals surface area contributed by atoms with Gasteiger partial charge in [-0.2, -0.15) is 48.5 Å². The van der Waals surface area contributed by atoms with Crippen LogP contribution in [0.15, 0.2) is 224 Å². The molecule has 12 nitrogen and oxygen atoms in total. The van der Waals surface area contributed by atoms with Crippen molar-refractivity contribution in [3.63, 3.8) is 0 Å². The molecule has 0 amide bonds. The van der Waals surface area contributed by atoms with E-state index in [2.05, 4.69) is 179 Å². The van der Waals surface area contributed by atoms with Crippen LogP contribution in [0.5, 0.6) is 34.9 Å². The molecule has 9 aromatic carbocycles. The maximum atomic E-state index is 12.2. The molecule has 133 heavy (non-hydrogen) atoms. The second kappa shape index (κ2) is 51.8. The van der Waals surface area contributed by atoms with E-state index in [1.165, 1.54) is 147 Å². The van der Waals surface area contributed by atoms with Gasteiger partial charge in [0, 0.05) is 182 Å². The van der Waals surface area contributed by atoms with E-state index in [1.54, 1.807) is 0 Å². The average molecular weight is 2330 g/mol. The Balaban J connectivity index is 0.000000250. The molecule has 3 N–H and O–H groups in total. The molecule has 2 aliphatic rings. The fraction of sp³-hybridized carbons (Fsp3) is 0.441. The van der Waals surface area contributed by atoms with Crippen molar-refractivity contribution in [2.75, 3.05) is 0 Å². The molecule has 0 saturated heterocycles. The number of carbonyl (C=O) groups is 3. The summed E-state index contributed by atoms with van der Waals surface area (Å²) < 4.78 is 17.9. The molecule has 719 valence electrons. The molecule has 0 unspecified atom stereocenters. The Bertz CT molecular complexity index is 5850. The molecule has 0 aliphatic heterocycles. The summed E-state index contributed by atoms with van der Waals surface area (Å²) >= 11 is 0. The van der Waals surface area contributed by atoms with Crippen molar-refractivity contribution in [3.8, 4) is 34.9 Å². The van der Waals surface area contributed by atoms with Crippen LogP contribution >= 0.6 is 0 Å². The monoisotopic (exact) mass is 2330 g/mol. The summed E-state index contributed by atoms with van der Waals surface area (Å²) in [6, 6.07) is 68.3. The molecule has 14 rings (SSSR count). The molecule has 2 aliphatic carbocycles. The Morgan fingerprint density at radius 3 is 1.23 bits per heavy atom. The Kier molecular flexibility index (Phi) is 43.9. The number of pyridine rings is 3. The molecule has 15 heteroatoms. The molecular weight excluding hydrogens is 2180 g/mol. The first-order valence-corrected chi connectivity index (χ1v) is 48.2. The van der Waals surface area contributed by atoms with E-state index in [9.17, 15) is 29.7 Å². The molecule has 2 fully saturated rings. The zero-order valence-corrected chi connectivity index (χ0v) is 90.7. The second-order valence-corrected chi connectivity index (χ2v) is 39.6. The summed E-state index contributed by atoms with van der Waals surface area (Å²) in [4.78, 5) is 49.2. The van der Waals surface area contributed by atoms with Gasteiger partial charge in [0.15, 0.2) is 17.3 Å². The molecule has 0 spiro atoms. The average Bonchev–Trinajstić information content (AvgIpc) is 1.46. The van der Waals surface area contributed by atoms with Crippen molar-refractivity contribution < 1.29 is 104 Å². The number of ketones is 3. The predicted molar refractivity (Wildman–Crippen MR) is 544 cm³/mol. The number of fused-ring (bicyclic) bond motifs is 9. The van der Waals surface area contributed by atoms with Crippen LogP contribution in [0.3, 0.4) is 0 Å². The number of ether oxygens (including phenoxy) is 3. The molecule has 3 radical (unpaired) electrons. The number of nitrogens with zero attached hydrogens (tertiary/aromatic N) is 3. The standard InChI is InChI=1S/C27H28NO.2C25H22NO.C15H28O2.2C13H24O2.3Ir/c1-26(2,3)20-8-7-9-22(14-20)29-25-16-24-19(17-28-25)11-10-18-12-13-21(15-23(18)24)27(4,5)6;1-17-13-23-19(14-22(17)18-7-5-6-8-18)11-12-20-16-26-25(15-24(20)23)27-21-9-3-2-4-10-21;1-3-7-18(8-4-1)20-13-11-19-12-14-21-17-26-25(16-24(21)23(19)15-20)27-22-9-5-2-6-10-22;1-7-14(5,8-2)12(16)11-13(17)15(6,9-3)10-4;1-7-12(3,4)10(14)9-11(15)13(5,6)8-2;1-5-10(6-2)12(14)9-13(15)11(7-3)8-4;;;/h7-8,10-17H,1-6H3;2-4,9,11-16,18H,5-8H2,1H3;2,5-6,9,11-18H,1,3-4,7-8H2;11,16H,7-10H2,1-6H3;9,14H,7-8H2,1-6H3;9-11,14H,5-8H2,1-4H3;;;/q3*-1;;;;;;. The van der Waals surface area contributed by atoms with Gasteiger partial charge in [0.1, 0.15) is 11.5 Å². The van der Waals surface area contributed by atoms with Gasteiger partial charge in [0.2, 0.25) is 17.6 Å². The van der Waals surface area contributed by atoms with Crippen LogP contribution in [0.25, 0.3) is 64.6 Å². The number of aryl methyl sites for hydroxylation is 1. The first kappa shape index (κ1) is 113. The van der Waals surface area contributed by atoms with Crippen molar-refractivity contribution in [3.05, 3.63) is 270 Å². The third-order valence-electron chi connectivity index (χ3n) is 28.0. The molecule has 12 aromatic rings. The quantitative estimate of drug-likeness (QED) is 0.0192. The third kappa shape index (κ3) is 30.7. The van der Waals surface area contributed by atoms with E-state index in [-0.39, 0.29) is 139 Å². The molecule has 3 aromatic heterocycles. The van der Waals surface area contributed by atoms with E-state index >= 15 is 0 Å². The van der Waals surface area contributed by atoms with Gasteiger partial charge in [-0.25, -0.2) is 15.0 Å². The smallest absolute Gasteiger partial charge is 0.217 e. The predicted octanol–water partition coefficient (Wildman–Crippen LogP) is 33.9. The minimum absolute atomic E-state index is 0.